The molecule has 4 aromatic carbocycles. The molecule has 0 aliphatic carbocycles. The Morgan fingerprint density at radius 2 is 1.69 bits per heavy atom. The second-order valence-corrected chi connectivity index (χ2v) is 8.88. The summed E-state index contributed by atoms with van der Waals surface area (Å²) in [5.41, 5.74) is 5.58. The number of fused-ring (bicyclic) bond motifs is 1. The van der Waals surface area contributed by atoms with E-state index in [0.717, 1.165) is 31.9 Å². The van der Waals surface area contributed by atoms with Gasteiger partial charge in [0.2, 0.25) is 0 Å². The molecule has 32 heavy (non-hydrogen) atoms. The molecular formula is C28H26INO2. The molecule has 0 aliphatic heterocycles. The van der Waals surface area contributed by atoms with Crippen LogP contribution in [0.25, 0.3) is 10.8 Å². The van der Waals surface area contributed by atoms with Gasteiger partial charge in [0, 0.05) is 6.21 Å². The van der Waals surface area contributed by atoms with Crippen LogP contribution in [0.15, 0.2) is 77.8 Å². The van der Waals surface area contributed by atoms with Gasteiger partial charge in [0.15, 0.2) is 11.5 Å². The van der Waals surface area contributed by atoms with Crippen molar-refractivity contribution in [2.75, 3.05) is 6.61 Å². The second kappa shape index (κ2) is 10.2. The van der Waals surface area contributed by atoms with E-state index < -0.39 is 0 Å². The highest BCUT2D eigenvalue weighted by Crippen LogP contribution is 2.35. The molecule has 162 valence electrons. The number of rotatable bonds is 7. The van der Waals surface area contributed by atoms with Crippen LogP contribution in [0.1, 0.15) is 29.2 Å². The molecule has 0 radical (unpaired) electrons. The lowest BCUT2D eigenvalue weighted by molar-refractivity contribution is 0.268. The molecule has 0 bridgehead atoms. The number of hydrogen-bond acceptors (Lipinski definition) is 3. The maximum Gasteiger partial charge on any atom is 0.175 e. The summed E-state index contributed by atoms with van der Waals surface area (Å²) >= 11 is 2.31. The lowest BCUT2D eigenvalue weighted by atomic mass is 10.1. The first kappa shape index (κ1) is 22.3. The molecule has 0 saturated heterocycles. The summed E-state index contributed by atoms with van der Waals surface area (Å²) in [4.78, 5) is 4.65. The predicted octanol–water partition coefficient (Wildman–Crippen LogP) is 7.79. The van der Waals surface area contributed by atoms with E-state index in [1.807, 2.05) is 25.3 Å². The van der Waals surface area contributed by atoms with Crippen LogP contribution < -0.4 is 9.47 Å². The lowest BCUT2D eigenvalue weighted by Gasteiger charge is -2.15. The van der Waals surface area contributed by atoms with Crippen molar-refractivity contribution in [1.82, 2.24) is 0 Å². The largest absolute Gasteiger partial charge is 0.490 e. The zero-order chi connectivity index (χ0) is 22.5. The molecular weight excluding hydrogens is 509 g/mol. The Morgan fingerprint density at radius 3 is 2.50 bits per heavy atom. The SMILES string of the molecule is CCOc1cc(C=Nc2ccc(C)c(C)c2)cc(I)c1OCc1cccc2ccccc12. The van der Waals surface area contributed by atoms with Crippen molar-refractivity contribution in [2.45, 2.75) is 27.4 Å². The Bertz CT molecular complexity index is 1270. The third-order valence-electron chi connectivity index (χ3n) is 5.44. The highest BCUT2D eigenvalue weighted by atomic mass is 127. The van der Waals surface area contributed by atoms with Gasteiger partial charge in [-0.3, -0.25) is 4.99 Å². The molecule has 0 aliphatic rings. The molecule has 0 aromatic heterocycles. The molecule has 0 unspecified atom stereocenters. The fraction of sp³-hybridized carbons (Fsp3) is 0.179. The second-order valence-electron chi connectivity index (χ2n) is 7.72. The number of nitrogens with zero attached hydrogens (tertiary/aromatic N) is 1. The van der Waals surface area contributed by atoms with Crippen molar-refractivity contribution in [1.29, 1.82) is 0 Å². The lowest BCUT2D eigenvalue weighted by Crippen LogP contribution is -2.03. The van der Waals surface area contributed by atoms with Gasteiger partial charge in [0.25, 0.3) is 0 Å². The molecule has 0 amide bonds. The van der Waals surface area contributed by atoms with Crippen LogP contribution in [0.3, 0.4) is 0 Å². The van der Waals surface area contributed by atoms with Crippen LogP contribution in [-0.2, 0) is 6.61 Å². The van der Waals surface area contributed by atoms with Crippen LogP contribution in [0.2, 0.25) is 0 Å². The van der Waals surface area contributed by atoms with Crippen LogP contribution in [0, 0.1) is 17.4 Å². The molecule has 0 spiro atoms. The molecule has 0 saturated carbocycles. The Morgan fingerprint density at radius 1 is 0.875 bits per heavy atom. The van der Waals surface area contributed by atoms with E-state index >= 15 is 0 Å². The van der Waals surface area contributed by atoms with Crippen molar-refractivity contribution in [3.05, 3.63) is 98.6 Å². The van der Waals surface area contributed by atoms with Gasteiger partial charge in [-0.05, 0) is 101 Å². The molecule has 4 heteroatoms. The molecule has 3 nitrogen and oxygen atoms in total. The fourth-order valence-corrected chi connectivity index (χ4v) is 4.37. The van der Waals surface area contributed by atoms with Crippen LogP contribution in [0.4, 0.5) is 5.69 Å². The monoisotopic (exact) mass is 535 g/mol. The van der Waals surface area contributed by atoms with Crippen molar-refractivity contribution >= 4 is 45.3 Å². The number of aliphatic imine (C=N–C) groups is 1. The maximum atomic E-state index is 6.28. The van der Waals surface area contributed by atoms with E-state index in [-0.39, 0.29) is 0 Å². The average molecular weight is 535 g/mol. The highest BCUT2D eigenvalue weighted by molar-refractivity contribution is 14.1. The van der Waals surface area contributed by atoms with Gasteiger partial charge in [0.05, 0.1) is 15.9 Å². The van der Waals surface area contributed by atoms with Gasteiger partial charge in [-0.25, -0.2) is 0 Å². The Kier molecular flexibility index (Phi) is 7.10. The first-order valence-electron chi connectivity index (χ1n) is 10.7. The third kappa shape index (κ3) is 5.13. The molecule has 4 aromatic rings. The van der Waals surface area contributed by atoms with Crippen molar-refractivity contribution < 1.29 is 9.47 Å². The number of hydrogen-bond donors (Lipinski definition) is 0. The number of aryl methyl sites for hydroxylation is 2. The summed E-state index contributed by atoms with van der Waals surface area (Å²) in [5.74, 6) is 1.50. The van der Waals surface area contributed by atoms with Gasteiger partial charge >= 0.3 is 0 Å². The van der Waals surface area contributed by atoms with Gasteiger partial charge in [-0.2, -0.15) is 0 Å². The van der Waals surface area contributed by atoms with Crippen LogP contribution >= 0.6 is 22.6 Å². The summed E-state index contributed by atoms with van der Waals surface area (Å²) in [6.07, 6.45) is 1.88. The van der Waals surface area contributed by atoms with E-state index in [2.05, 4.69) is 102 Å². The topological polar surface area (TPSA) is 30.8 Å². The minimum atomic E-state index is 0.480. The standard InChI is InChI=1S/C28H26INO2/c1-4-31-27-16-21(17-30-24-13-12-19(2)20(3)14-24)15-26(29)28(27)32-18-23-10-7-9-22-8-5-6-11-25(22)23/h5-17H,4,18H2,1-3H3. The number of ether oxygens (including phenoxy) is 2. The summed E-state index contributed by atoms with van der Waals surface area (Å²) in [6.45, 7) is 7.24. The molecule has 0 atom stereocenters. The summed E-state index contributed by atoms with van der Waals surface area (Å²) in [5, 5.41) is 2.42. The Balaban J connectivity index is 1.59. The fourth-order valence-electron chi connectivity index (χ4n) is 3.59. The summed E-state index contributed by atoms with van der Waals surface area (Å²) < 4.78 is 13.2. The van der Waals surface area contributed by atoms with Crippen LogP contribution in [0.5, 0.6) is 11.5 Å². The molecule has 0 N–H and O–H groups in total. The zero-order valence-corrected chi connectivity index (χ0v) is 20.7. The summed E-state index contributed by atoms with van der Waals surface area (Å²) in [6, 6.07) is 25.0. The van der Waals surface area contributed by atoms with E-state index in [4.69, 9.17) is 9.47 Å². The zero-order valence-electron chi connectivity index (χ0n) is 18.6. The molecule has 0 heterocycles. The van der Waals surface area contributed by atoms with Crippen molar-refractivity contribution in [2.24, 2.45) is 4.99 Å². The Labute approximate surface area is 203 Å². The molecule has 0 fully saturated rings. The smallest absolute Gasteiger partial charge is 0.175 e. The average Bonchev–Trinajstić information content (AvgIpc) is 2.79. The van der Waals surface area contributed by atoms with Gasteiger partial charge in [-0.1, -0.05) is 48.5 Å². The number of benzene rings is 4. The van der Waals surface area contributed by atoms with Crippen molar-refractivity contribution in [3.8, 4) is 11.5 Å². The van der Waals surface area contributed by atoms with Gasteiger partial charge in [-0.15, -0.1) is 0 Å². The maximum absolute atomic E-state index is 6.28. The van der Waals surface area contributed by atoms with Gasteiger partial charge in [0.1, 0.15) is 6.61 Å². The Hall–Kier alpha value is -2.86. The first-order valence-corrected chi connectivity index (χ1v) is 11.8. The first-order chi connectivity index (χ1) is 15.5. The number of halogens is 1. The van der Waals surface area contributed by atoms with E-state index in [0.29, 0.717) is 13.2 Å². The molecule has 4 rings (SSSR count). The van der Waals surface area contributed by atoms with Gasteiger partial charge < -0.3 is 9.47 Å². The van der Waals surface area contributed by atoms with Crippen LogP contribution in [-0.4, -0.2) is 12.8 Å². The van der Waals surface area contributed by atoms with Crippen molar-refractivity contribution in [3.63, 3.8) is 0 Å². The predicted molar refractivity (Wildman–Crippen MR) is 142 cm³/mol. The summed E-state index contributed by atoms with van der Waals surface area (Å²) in [7, 11) is 0. The van der Waals surface area contributed by atoms with E-state index in [1.54, 1.807) is 0 Å². The normalized spacial score (nSPS) is 11.2. The third-order valence-corrected chi connectivity index (χ3v) is 6.24. The minimum Gasteiger partial charge on any atom is -0.490 e. The quantitative estimate of drug-likeness (QED) is 0.179. The highest BCUT2D eigenvalue weighted by Gasteiger charge is 2.13. The minimum absolute atomic E-state index is 0.480. The van der Waals surface area contributed by atoms with E-state index in [1.165, 1.54) is 21.9 Å². The van der Waals surface area contributed by atoms with E-state index in [9.17, 15) is 0 Å².